The van der Waals surface area contributed by atoms with E-state index in [0.29, 0.717) is 19.1 Å². The zero-order valence-electron chi connectivity index (χ0n) is 9.13. The molecule has 0 aliphatic heterocycles. The second kappa shape index (κ2) is 10.5. The molecular formula is C11H22N2O. The van der Waals surface area contributed by atoms with Crippen LogP contribution in [0.2, 0.25) is 0 Å². The first kappa shape index (κ1) is 13.4. The molecule has 1 unspecified atom stereocenters. The summed E-state index contributed by atoms with van der Waals surface area (Å²) in [5.74, 6) is 0. The summed E-state index contributed by atoms with van der Waals surface area (Å²) in [5.41, 5.74) is 0. The Morgan fingerprint density at radius 2 is 2.00 bits per heavy atom. The summed E-state index contributed by atoms with van der Waals surface area (Å²) in [4.78, 5) is 0. The van der Waals surface area contributed by atoms with E-state index in [4.69, 9.17) is 10.4 Å². The number of hydrogen-bond donors (Lipinski definition) is 2. The highest BCUT2D eigenvalue weighted by atomic mass is 16.2. The monoisotopic (exact) mass is 198 g/mol. The van der Waals surface area contributed by atoms with Gasteiger partial charge in [0.1, 0.15) is 0 Å². The van der Waals surface area contributed by atoms with Crippen LogP contribution >= 0.6 is 0 Å². The lowest BCUT2D eigenvalue weighted by atomic mass is 10.1. The van der Waals surface area contributed by atoms with Gasteiger partial charge in [-0.2, -0.15) is 5.26 Å². The van der Waals surface area contributed by atoms with Gasteiger partial charge in [-0.25, -0.2) is 0 Å². The van der Waals surface area contributed by atoms with Crippen LogP contribution in [0.3, 0.4) is 0 Å². The van der Waals surface area contributed by atoms with Crippen LogP contribution in [0.5, 0.6) is 0 Å². The summed E-state index contributed by atoms with van der Waals surface area (Å²) in [6.07, 6.45) is 5.94. The number of rotatable bonds is 9. The topological polar surface area (TPSA) is 56.0 Å². The van der Waals surface area contributed by atoms with Crippen LogP contribution in [0.25, 0.3) is 0 Å². The summed E-state index contributed by atoms with van der Waals surface area (Å²) in [5, 5.41) is 20.5. The van der Waals surface area contributed by atoms with Crippen LogP contribution in [-0.2, 0) is 0 Å². The van der Waals surface area contributed by atoms with Crippen LogP contribution in [0, 0.1) is 11.3 Å². The summed E-state index contributed by atoms with van der Waals surface area (Å²) >= 11 is 0. The third-order valence-corrected chi connectivity index (χ3v) is 2.35. The van der Waals surface area contributed by atoms with E-state index in [2.05, 4.69) is 18.3 Å². The van der Waals surface area contributed by atoms with Crippen molar-refractivity contribution in [3.63, 3.8) is 0 Å². The van der Waals surface area contributed by atoms with Gasteiger partial charge in [-0.3, -0.25) is 0 Å². The second-order valence-corrected chi connectivity index (χ2v) is 3.56. The van der Waals surface area contributed by atoms with Gasteiger partial charge < -0.3 is 10.4 Å². The fraction of sp³-hybridized carbons (Fsp3) is 0.909. The molecule has 3 nitrogen and oxygen atoms in total. The Kier molecular flexibility index (Phi) is 10.0. The lowest BCUT2D eigenvalue weighted by Crippen LogP contribution is -2.28. The smallest absolute Gasteiger partial charge is 0.0638 e. The highest BCUT2D eigenvalue weighted by molar-refractivity contribution is 4.79. The highest BCUT2D eigenvalue weighted by Gasteiger charge is 2.02. The third kappa shape index (κ3) is 8.03. The van der Waals surface area contributed by atoms with Crippen molar-refractivity contribution in [3.8, 4) is 6.07 Å². The summed E-state index contributed by atoms with van der Waals surface area (Å²) in [6.45, 7) is 3.39. The maximum Gasteiger partial charge on any atom is 0.0638 e. The van der Waals surface area contributed by atoms with Crippen molar-refractivity contribution in [1.29, 1.82) is 5.26 Å². The quantitative estimate of drug-likeness (QED) is 0.556. The van der Waals surface area contributed by atoms with Crippen LogP contribution < -0.4 is 5.32 Å². The van der Waals surface area contributed by atoms with Crippen molar-refractivity contribution in [3.05, 3.63) is 0 Å². The van der Waals surface area contributed by atoms with Gasteiger partial charge in [-0.05, 0) is 25.8 Å². The molecule has 0 saturated carbocycles. The molecule has 0 aromatic carbocycles. The van der Waals surface area contributed by atoms with E-state index in [1.54, 1.807) is 0 Å². The molecule has 82 valence electrons. The molecule has 3 heteroatoms. The van der Waals surface area contributed by atoms with Crippen molar-refractivity contribution in [2.45, 2.75) is 51.5 Å². The van der Waals surface area contributed by atoms with Crippen molar-refractivity contribution in [1.82, 2.24) is 5.32 Å². The molecule has 0 heterocycles. The first-order chi connectivity index (χ1) is 6.85. The van der Waals surface area contributed by atoms with Crippen molar-refractivity contribution < 1.29 is 5.11 Å². The maximum absolute atomic E-state index is 8.57. The standard InChI is InChI=1S/C11H22N2O/c1-2-11(7-8-12)13-9-5-3-4-6-10-14/h11,13-14H,2-7,9-10H2,1H3. The van der Waals surface area contributed by atoms with E-state index < -0.39 is 0 Å². The molecule has 2 N–H and O–H groups in total. The predicted octanol–water partition coefficient (Wildman–Crippen LogP) is 1.82. The summed E-state index contributed by atoms with van der Waals surface area (Å²) in [6, 6.07) is 2.54. The molecule has 0 rings (SSSR count). The van der Waals surface area contributed by atoms with Gasteiger partial charge in [0.15, 0.2) is 0 Å². The summed E-state index contributed by atoms with van der Waals surface area (Å²) in [7, 11) is 0. The van der Waals surface area contributed by atoms with E-state index in [0.717, 1.165) is 38.6 Å². The zero-order valence-corrected chi connectivity index (χ0v) is 9.13. The molecule has 0 amide bonds. The lowest BCUT2D eigenvalue weighted by Gasteiger charge is -2.12. The van der Waals surface area contributed by atoms with Gasteiger partial charge >= 0.3 is 0 Å². The number of aliphatic hydroxyl groups is 1. The van der Waals surface area contributed by atoms with Gasteiger partial charge in [0.25, 0.3) is 0 Å². The van der Waals surface area contributed by atoms with E-state index in [-0.39, 0.29) is 0 Å². The zero-order chi connectivity index (χ0) is 10.6. The highest BCUT2D eigenvalue weighted by Crippen LogP contribution is 2.00. The Hall–Kier alpha value is -0.590. The molecule has 0 aromatic heterocycles. The van der Waals surface area contributed by atoms with Crippen LogP contribution in [-0.4, -0.2) is 24.3 Å². The average molecular weight is 198 g/mol. The van der Waals surface area contributed by atoms with Gasteiger partial charge in [-0.15, -0.1) is 0 Å². The minimum Gasteiger partial charge on any atom is -0.396 e. The normalized spacial score (nSPS) is 12.4. The van der Waals surface area contributed by atoms with E-state index in [9.17, 15) is 0 Å². The number of nitriles is 1. The minimum atomic E-state index is 0.305. The van der Waals surface area contributed by atoms with Crippen LogP contribution in [0.15, 0.2) is 0 Å². The van der Waals surface area contributed by atoms with E-state index in [1.807, 2.05) is 0 Å². The van der Waals surface area contributed by atoms with Crippen LogP contribution in [0.1, 0.15) is 45.4 Å². The number of hydrogen-bond acceptors (Lipinski definition) is 3. The first-order valence-electron chi connectivity index (χ1n) is 5.56. The lowest BCUT2D eigenvalue weighted by molar-refractivity contribution is 0.282. The Bertz CT molecular complexity index is 154. The SMILES string of the molecule is CCC(CC#N)NCCCCCCO. The molecule has 0 saturated heterocycles. The molecule has 0 aliphatic carbocycles. The van der Waals surface area contributed by atoms with Crippen molar-refractivity contribution in [2.75, 3.05) is 13.2 Å². The van der Waals surface area contributed by atoms with Gasteiger partial charge in [0.05, 0.1) is 12.5 Å². The van der Waals surface area contributed by atoms with E-state index in [1.165, 1.54) is 0 Å². The fourth-order valence-corrected chi connectivity index (χ4v) is 1.37. The molecule has 1 atom stereocenters. The molecule has 0 fully saturated rings. The largest absolute Gasteiger partial charge is 0.396 e. The Morgan fingerprint density at radius 1 is 1.29 bits per heavy atom. The van der Waals surface area contributed by atoms with Crippen molar-refractivity contribution in [2.24, 2.45) is 0 Å². The molecule has 0 radical (unpaired) electrons. The van der Waals surface area contributed by atoms with Gasteiger partial charge in [-0.1, -0.05) is 19.8 Å². The second-order valence-electron chi connectivity index (χ2n) is 3.56. The number of nitrogens with zero attached hydrogens (tertiary/aromatic N) is 1. The third-order valence-electron chi connectivity index (χ3n) is 2.35. The Labute approximate surface area is 87.1 Å². The molecule has 0 bridgehead atoms. The van der Waals surface area contributed by atoms with Crippen molar-refractivity contribution >= 4 is 0 Å². The maximum atomic E-state index is 8.57. The number of unbranched alkanes of at least 4 members (excludes halogenated alkanes) is 3. The summed E-state index contributed by atoms with van der Waals surface area (Å²) < 4.78 is 0. The molecule has 14 heavy (non-hydrogen) atoms. The number of aliphatic hydroxyl groups excluding tert-OH is 1. The molecule has 0 spiro atoms. The first-order valence-corrected chi connectivity index (χ1v) is 5.56. The minimum absolute atomic E-state index is 0.305. The Morgan fingerprint density at radius 3 is 2.57 bits per heavy atom. The fourth-order valence-electron chi connectivity index (χ4n) is 1.37. The van der Waals surface area contributed by atoms with Gasteiger partial charge in [0, 0.05) is 12.6 Å². The average Bonchev–Trinajstić information content (AvgIpc) is 2.21. The van der Waals surface area contributed by atoms with E-state index >= 15 is 0 Å². The Balaban J connectivity index is 3.21. The number of nitrogens with one attached hydrogen (secondary N) is 1. The molecular weight excluding hydrogens is 176 g/mol. The molecule has 0 aliphatic rings. The van der Waals surface area contributed by atoms with Gasteiger partial charge in [0.2, 0.25) is 0 Å². The molecule has 0 aromatic rings. The predicted molar refractivity (Wildman–Crippen MR) is 57.9 cm³/mol. The van der Waals surface area contributed by atoms with Crippen LogP contribution in [0.4, 0.5) is 0 Å².